The monoisotopic (exact) mass is 422 g/mol. The van der Waals surface area contributed by atoms with E-state index in [4.69, 9.17) is 11.6 Å². The number of aliphatic hydroxyl groups is 2. The molecule has 0 radical (unpaired) electrons. The summed E-state index contributed by atoms with van der Waals surface area (Å²) in [5.74, 6) is -0.0140. The number of carbonyl (C=O) groups is 1. The Hall–Kier alpha value is -1.36. The summed E-state index contributed by atoms with van der Waals surface area (Å²) >= 11 is 6.56. The molecule has 0 aliphatic heterocycles. The molecule has 5 heteroatoms. The molecule has 0 bridgehead atoms. The van der Waals surface area contributed by atoms with Crippen molar-refractivity contribution in [1.29, 1.82) is 0 Å². The van der Waals surface area contributed by atoms with E-state index in [9.17, 15) is 15.0 Å². The zero-order valence-corrected chi connectivity index (χ0v) is 18.4. The highest BCUT2D eigenvalue weighted by atomic mass is 35.5. The highest BCUT2D eigenvalue weighted by molar-refractivity contribution is 6.21. The van der Waals surface area contributed by atoms with Gasteiger partial charge in [0.15, 0.2) is 0 Å². The molecule has 1 aliphatic carbocycles. The van der Waals surface area contributed by atoms with Crippen LogP contribution in [0.1, 0.15) is 81.4 Å². The van der Waals surface area contributed by atoms with Crippen LogP contribution >= 0.6 is 11.6 Å². The Labute approximate surface area is 179 Å². The van der Waals surface area contributed by atoms with Gasteiger partial charge >= 0.3 is 5.97 Å². The Morgan fingerprint density at radius 2 is 2.00 bits per heavy atom. The van der Waals surface area contributed by atoms with Crippen molar-refractivity contribution in [2.45, 2.75) is 81.8 Å². The molecule has 0 spiro atoms. The predicted molar refractivity (Wildman–Crippen MR) is 117 cm³/mol. The first-order valence-corrected chi connectivity index (χ1v) is 11.2. The lowest BCUT2D eigenvalue weighted by Gasteiger charge is -2.23. The topological polar surface area (TPSA) is 66.8 Å². The van der Waals surface area contributed by atoms with Gasteiger partial charge in [-0.2, -0.15) is 0 Å². The number of carbonyl (C=O) groups excluding carboxylic acids is 1. The van der Waals surface area contributed by atoms with Crippen molar-refractivity contribution in [2.24, 2.45) is 5.92 Å². The number of hydrogen-bond donors (Lipinski definition) is 2. The Morgan fingerprint density at radius 3 is 2.66 bits per heavy atom. The highest BCUT2D eigenvalue weighted by Gasteiger charge is 2.41. The van der Waals surface area contributed by atoms with E-state index < -0.39 is 12.2 Å². The minimum absolute atomic E-state index is 0.000876. The molecule has 1 fully saturated rings. The fourth-order valence-corrected chi connectivity index (χ4v) is 4.61. The molecule has 0 saturated heterocycles. The summed E-state index contributed by atoms with van der Waals surface area (Å²) in [5.41, 5.74) is 2.01. The average Bonchev–Trinajstić information content (AvgIpc) is 3.01. The molecule has 0 amide bonds. The lowest BCUT2D eigenvalue weighted by Crippen LogP contribution is -2.18. The lowest BCUT2D eigenvalue weighted by atomic mass is 9.84. The summed E-state index contributed by atoms with van der Waals surface area (Å²) in [6.45, 7) is 2.12. The van der Waals surface area contributed by atoms with Gasteiger partial charge in [-0.1, -0.05) is 56.2 Å². The van der Waals surface area contributed by atoms with E-state index in [1.165, 1.54) is 7.11 Å². The van der Waals surface area contributed by atoms with Crippen LogP contribution in [0.5, 0.6) is 0 Å². The quantitative estimate of drug-likeness (QED) is 0.220. The minimum Gasteiger partial charge on any atom is -0.469 e. The first-order valence-electron chi connectivity index (χ1n) is 10.8. The summed E-state index contributed by atoms with van der Waals surface area (Å²) in [6, 6.07) is 8.01. The smallest absolute Gasteiger partial charge is 0.305 e. The molecule has 2 N–H and O–H groups in total. The number of ether oxygens (including phenoxy) is 1. The Kier molecular flexibility index (Phi) is 10.2. The zero-order chi connectivity index (χ0) is 21.2. The van der Waals surface area contributed by atoms with E-state index in [1.54, 1.807) is 0 Å². The molecule has 29 heavy (non-hydrogen) atoms. The van der Waals surface area contributed by atoms with Gasteiger partial charge < -0.3 is 14.9 Å². The number of halogens is 1. The van der Waals surface area contributed by atoms with Crippen LogP contribution in [0.4, 0.5) is 0 Å². The summed E-state index contributed by atoms with van der Waals surface area (Å²) in [4.78, 5) is 11.1. The van der Waals surface area contributed by atoms with E-state index in [0.29, 0.717) is 12.8 Å². The van der Waals surface area contributed by atoms with Crippen LogP contribution in [0.3, 0.4) is 0 Å². The van der Waals surface area contributed by atoms with Gasteiger partial charge in [0.25, 0.3) is 0 Å². The fourth-order valence-electron chi connectivity index (χ4n) is 4.17. The van der Waals surface area contributed by atoms with Crippen LogP contribution in [0.25, 0.3) is 0 Å². The van der Waals surface area contributed by atoms with E-state index in [2.05, 4.69) is 23.8 Å². The molecule has 1 aromatic carbocycles. The first-order chi connectivity index (χ1) is 14.0. The predicted octanol–water partition coefficient (Wildman–Crippen LogP) is 5.27. The molecular formula is C24H35ClO4. The van der Waals surface area contributed by atoms with Gasteiger partial charge in [-0.05, 0) is 49.1 Å². The second kappa shape index (κ2) is 12.4. The molecule has 0 aromatic heterocycles. The maximum Gasteiger partial charge on any atom is 0.305 e. The third kappa shape index (κ3) is 7.13. The third-order valence-electron chi connectivity index (χ3n) is 5.90. The zero-order valence-electron chi connectivity index (χ0n) is 17.6. The molecule has 0 heterocycles. The molecule has 162 valence electrons. The van der Waals surface area contributed by atoms with Gasteiger partial charge in [-0.15, -0.1) is 11.6 Å². The Balaban J connectivity index is 1.95. The average molecular weight is 423 g/mol. The molecule has 1 aliphatic rings. The van der Waals surface area contributed by atoms with E-state index in [0.717, 1.165) is 49.7 Å². The van der Waals surface area contributed by atoms with E-state index in [1.807, 2.05) is 24.3 Å². The van der Waals surface area contributed by atoms with Crippen molar-refractivity contribution in [2.75, 3.05) is 7.11 Å². The van der Waals surface area contributed by atoms with Gasteiger partial charge in [-0.25, -0.2) is 0 Å². The molecule has 4 nitrogen and oxygen atoms in total. The summed E-state index contributed by atoms with van der Waals surface area (Å²) in [5, 5.41) is 20.8. The standard InChI is InChI=1S/C24H35ClO4/c1-3-4-10-21(26)17-12-14-18(15-13-17)24-19(20(25)16-22(24)27)9-7-5-6-8-11-23(28)29-2/h5,7,12-15,19-22,24,26-27H,3-4,6,8-11,16H2,1-2H3/t19-,20+,21?,22+,24+/m0/s1. The largest absolute Gasteiger partial charge is 0.469 e. The molecule has 1 unspecified atom stereocenters. The van der Waals surface area contributed by atoms with Gasteiger partial charge in [0.2, 0.25) is 0 Å². The maximum absolute atomic E-state index is 11.1. The summed E-state index contributed by atoms with van der Waals surface area (Å²) in [6.07, 6.45) is 9.58. The van der Waals surface area contributed by atoms with E-state index >= 15 is 0 Å². The van der Waals surface area contributed by atoms with Crippen LogP contribution < -0.4 is 0 Å². The second-order valence-corrected chi connectivity index (χ2v) is 8.57. The maximum atomic E-state index is 11.1. The number of alkyl halides is 1. The normalized spacial score (nSPS) is 25.4. The van der Waals surface area contributed by atoms with Crippen molar-refractivity contribution < 1.29 is 19.7 Å². The minimum atomic E-state index is -0.453. The number of unbranched alkanes of at least 4 members (excludes halogenated alkanes) is 2. The van der Waals surface area contributed by atoms with Crippen molar-refractivity contribution in [3.8, 4) is 0 Å². The van der Waals surface area contributed by atoms with Crippen molar-refractivity contribution in [3.05, 3.63) is 47.5 Å². The number of esters is 1. The second-order valence-electron chi connectivity index (χ2n) is 8.01. The molecular weight excluding hydrogens is 388 g/mol. The number of aliphatic hydroxyl groups excluding tert-OH is 2. The summed E-state index contributed by atoms with van der Waals surface area (Å²) in [7, 11) is 1.41. The molecule has 1 aromatic rings. The van der Waals surface area contributed by atoms with Gasteiger partial charge in [0.05, 0.1) is 19.3 Å². The number of benzene rings is 1. The lowest BCUT2D eigenvalue weighted by molar-refractivity contribution is -0.140. The molecule has 1 saturated carbocycles. The Bertz CT molecular complexity index is 643. The third-order valence-corrected chi connectivity index (χ3v) is 6.40. The van der Waals surface area contributed by atoms with Gasteiger partial charge in [0, 0.05) is 17.7 Å². The van der Waals surface area contributed by atoms with Crippen LogP contribution in [-0.4, -0.2) is 34.8 Å². The van der Waals surface area contributed by atoms with Crippen LogP contribution in [0.15, 0.2) is 36.4 Å². The fraction of sp³-hybridized carbons (Fsp3) is 0.625. The number of rotatable bonds is 11. The van der Waals surface area contributed by atoms with Crippen molar-refractivity contribution in [3.63, 3.8) is 0 Å². The highest BCUT2D eigenvalue weighted by Crippen LogP contribution is 2.45. The van der Waals surface area contributed by atoms with Crippen LogP contribution in [-0.2, 0) is 9.53 Å². The van der Waals surface area contributed by atoms with Crippen LogP contribution in [0, 0.1) is 5.92 Å². The SMILES string of the molecule is CCCCC(O)c1ccc([C@@H]2[C@@H](CC=CCCCC(=O)OC)[C@H](Cl)C[C@H]2O)cc1. The van der Waals surface area contributed by atoms with Crippen molar-refractivity contribution >= 4 is 17.6 Å². The van der Waals surface area contributed by atoms with Gasteiger partial charge in [-0.3, -0.25) is 4.79 Å². The number of allylic oxidation sites excluding steroid dienone is 2. The van der Waals surface area contributed by atoms with Gasteiger partial charge in [0.1, 0.15) is 0 Å². The van der Waals surface area contributed by atoms with E-state index in [-0.39, 0.29) is 23.2 Å². The van der Waals surface area contributed by atoms with Crippen molar-refractivity contribution in [1.82, 2.24) is 0 Å². The van der Waals surface area contributed by atoms with Crippen LogP contribution in [0.2, 0.25) is 0 Å². The Morgan fingerprint density at radius 1 is 1.28 bits per heavy atom. The number of methoxy groups -OCH3 is 1. The summed E-state index contributed by atoms with van der Waals surface area (Å²) < 4.78 is 4.65. The molecule has 2 rings (SSSR count). The number of hydrogen-bond acceptors (Lipinski definition) is 4. The first kappa shape index (κ1) is 23.9. The molecule has 5 atom stereocenters.